The Kier molecular flexibility index (Phi) is 5.47. The molecule has 0 spiro atoms. The predicted octanol–water partition coefficient (Wildman–Crippen LogP) is 4.94. The van der Waals surface area contributed by atoms with Gasteiger partial charge in [0.05, 0.1) is 13.2 Å². The Morgan fingerprint density at radius 2 is 1.47 bits per heavy atom. The molecule has 5 rings (SSSR count). The molecule has 2 heterocycles. The van der Waals surface area contributed by atoms with Crippen LogP contribution in [-0.2, 0) is 30.9 Å². The van der Waals surface area contributed by atoms with E-state index >= 15 is 0 Å². The Bertz CT molecular complexity index is 1200. The minimum atomic E-state index is -0.937. The lowest BCUT2D eigenvalue weighted by Gasteiger charge is -2.43. The van der Waals surface area contributed by atoms with Crippen LogP contribution < -0.4 is 10.6 Å². The summed E-state index contributed by atoms with van der Waals surface area (Å²) in [6, 6.07) is 12.7. The molecule has 2 fully saturated rings. The van der Waals surface area contributed by atoms with E-state index in [0.717, 1.165) is 23.1 Å². The average molecular weight is 477 g/mol. The molecule has 3 aliphatic rings. The summed E-state index contributed by atoms with van der Waals surface area (Å²) in [7, 11) is 0. The van der Waals surface area contributed by atoms with Crippen LogP contribution in [-0.4, -0.2) is 24.2 Å². The first-order valence-electron chi connectivity index (χ1n) is 11.9. The maximum atomic E-state index is 12.0. The van der Waals surface area contributed by atoms with E-state index in [9.17, 15) is 4.79 Å². The minimum Gasteiger partial charge on any atom is -0.340 e. The van der Waals surface area contributed by atoms with E-state index in [1.54, 1.807) is 6.08 Å². The quantitative estimate of drug-likeness (QED) is 0.486. The van der Waals surface area contributed by atoms with Gasteiger partial charge < -0.3 is 14.8 Å². The highest BCUT2D eigenvalue weighted by Crippen LogP contribution is 2.49. The Morgan fingerprint density at radius 1 is 0.882 bits per heavy atom. The van der Waals surface area contributed by atoms with E-state index in [4.69, 9.17) is 21.7 Å². The topological polar surface area (TPSA) is 59.6 Å². The first-order valence-corrected chi connectivity index (χ1v) is 12.3. The number of carbonyl (C=O) groups is 1. The minimum absolute atomic E-state index is 0.0958. The van der Waals surface area contributed by atoms with Crippen LogP contribution in [0.3, 0.4) is 0 Å². The molecule has 178 valence electrons. The first kappa shape index (κ1) is 23.2. The second-order valence-electron chi connectivity index (χ2n) is 10.9. The van der Waals surface area contributed by atoms with Crippen LogP contribution in [0.15, 0.2) is 42.1 Å². The highest BCUT2D eigenvalue weighted by molar-refractivity contribution is 7.80. The van der Waals surface area contributed by atoms with Crippen molar-refractivity contribution in [2.75, 3.05) is 13.2 Å². The highest BCUT2D eigenvalue weighted by Gasteiger charge is 2.45. The van der Waals surface area contributed by atoms with E-state index in [-0.39, 0.29) is 16.7 Å². The molecule has 0 unspecified atom stereocenters. The molecule has 2 N–H and O–H groups in total. The zero-order chi connectivity index (χ0) is 24.3. The lowest BCUT2D eigenvalue weighted by Crippen LogP contribution is -2.36. The number of aryl methyl sites for hydroxylation is 1. The number of benzene rings is 2. The second-order valence-corrected chi connectivity index (χ2v) is 11.3. The molecule has 0 radical (unpaired) electrons. The number of hydrogen-bond acceptors (Lipinski definition) is 4. The van der Waals surface area contributed by atoms with Crippen molar-refractivity contribution in [1.82, 2.24) is 10.6 Å². The van der Waals surface area contributed by atoms with Crippen LogP contribution in [0.5, 0.6) is 0 Å². The van der Waals surface area contributed by atoms with Crippen molar-refractivity contribution in [1.29, 1.82) is 0 Å². The third kappa shape index (κ3) is 3.78. The Balaban J connectivity index is 1.58. The van der Waals surface area contributed by atoms with Gasteiger partial charge in [-0.15, -0.1) is 0 Å². The molecule has 2 aromatic rings. The Labute approximate surface area is 206 Å². The molecule has 5 nitrogen and oxygen atoms in total. The van der Waals surface area contributed by atoms with Gasteiger partial charge in [-0.1, -0.05) is 58.0 Å². The van der Waals surface area contributed by atoms with Gasteiger partial charge in [0.2, 0.25) is 5.79 Å². The van der Waals surface area contributed by atoms with E-state index < -0.39 is 5.79 Å². The molecule has 0 aromatic heterocycles. The molecule has 1 aliphatic carbocycles. The maximum Gasteiger partial charge on any atom is 0.273 e. The Morgan fingerprint density at radius 3 is 2.03 bits per heavy atom. The highest BCUT2D eigenvalue weighted by atomic mass is 32.1. The van der Waals surface area contributed by atoms with Crippen LogP contribution in [0.1, 0.15) is 73.9 Å². The predicted molar refractivity (Wildman–Crippen MR) is 137 cm³/mol. The number of thiocarbonyl (C=S) groups is 1. The number of hydrogen-bond donors (Lipinski definition) is 2. The average Bonchev–Trinajstić information content (AvgIpc) is 3.39. The van der Waals surface area contributed by atoms with Gasteiger partial charge in [0.15, 0.2) is 5.11 Å². The molecule has 2 aliphatic heterocycles. The van der Waals surface area contributed by atoms with Crippen LogP contribution in [0, 0.1) is 6.92 Å². The van der Waals surface area contributed by atoms with Crippen LogP contribution >= 0.6 is 12.2 Å². The molecule has 0 saturated carbocycles. The summed E-state index contributed by atoms with van der Waals surface area (Å²) in [4.78, 5) is 12.0. The second kappa shape index (κ2) is 8.01. The molecule has 1 amide bonds. The van der Waals surface area contributed by atoms with E-state index in [1.165, 1.54) is 23.1 Å². The molecule has 0 atom stereocenters. The summed E-state index contributed by atoms with van der Waals surface area (Å²) in [5.74, 6) is -1.16. The fourth-order valence-electron chi connectivity index (χ4n) is 5.41. The third-order valence-electron chi connectivity index (χ3n) is 7.57. The lowest BCUT2D eigenvalue weighted by atomic mass is 9.62. The smallest absolute Gasteiger partial charge is 0.273 e. The van der Waals surface area contributed by atoms with E-state index in [0.29, 0.717) is 24.0 Å². The molecule has 34 heavy (non-hydrogen) atoms. The molecule has 6 heteroatoms. The molecular weight excluding hydrogens is 444 g/mol. The van der Waals surface area contributed by atoms with Gasteiger partial charge in [-0.2, -0.15) is 0 Å². The zero-order valence-corrected chi connectivity index (χ0v) is 21.3. The molecule has 2 aromatic carbocycles. The first-order chi connectivity index (χ1) is 16.0. The number of nitrogens with one attached hydrogen (secondary N) is 2. The van der Waals surface area contributed by atoms with Crippen molar-refractivity contribution in [3.63, 3.8) is 0 Å². The number of carbonyl (C=O) groups excluding carboxylic acids is 1. The fraction of sp³-hybridized carbons (Fsp3) is 0.429. The number of rotatable bonds is 3. The third-order valence-corrected chi connectivity index (χ3v) is 7.77. The van der Waals surface area contributed by atoms with Crippen molar-refractivity contribution in [3.8, 4) is 0 Å². The van der Waals surface area contributed by atoms with Crippen molar-refractivity contribution < 1.29 is 14.3 Å². The molecule has 0 bridgehead atoms. The SMILES string of the molecule is Cc1cc2c(cc1C1(c3ccc(/C=C4\NC(=S)NC4=O)cc3)OCCO1)C(C)(C)CCC2(C)C. The monoisotopic (exact) mass is 476 g/mol. The van der Waals surface area contributed by atoms with Gasteiger partial charge in [-0.05, 0) is 77.2 Å². The summed E-state index contributed by atoms with van der Waals surface area (Å²) >= 11 is 5.02. The van der Waals surface area contributed by atoms with Gasteiger partial charge in [0.25, 0.3) is 5.91 Å². The number of fused-ring (bicyclic) bond motifs is 1. The summed E-state index contributed by atoms with van der Waals surface area (Å²) < 4.78 is 12.8. The summed E-state index contributed by atoms with van der Waals surface area (Å²) in [5.41, 5.74) is 7.59. The normalized spacial score (nSPS) is 23.5. The van der Waals surface area contributed by atoms with Crippen LogP contribution in [0.25, 0.3) is 6.08 Å². The zero-order valence-electron chi connectivity index (χ0n) is 20.5. The van der Waals surface area contributed by atoms with Gasteiger partial charge in [0, 0.05) is 11.1 Å². The fourth-order valence-corrected chi connectivity index (χ4v) is 5.62. The van der Waals surface area contributed by atoms with Crippen molar-refractivity contribution in [3.05, 3.63) is 75.5 Å². The number of amides is 1. The maximum absolute atomic E-state index is 12.0. The summed E-state index contributed by atoms with van der Waals surface area (Å²) in [6.07, 6.45) is 4.12. The van der Waals surface area contributed by atoms with Gasteiger partial charge in [-0.3, -0.25) is 10.1 Å². The van der Waals surface area contributed by atoms with Crippen molar-refractivity contribution in [2.24, 2.45) is 0 Å². The lowest BCUT2D eigenvalue weighted by molar-refractivity contribution is -0.130. The Hall–Kier alpha value is -2.54. The van der Waals surface area contributed by atoms with E-state index in [1.807, 2.05) is 24.3 Å². The molecular formula is C28H32N2O3S. The largest absolute Gasteiger partial charge is 0.340 e. The van der Waals surface area contributed by atoms with Gasteiger partial charge >= 0.3 is 0 Å². The van der Waals surface area contributed by atoms with Crippen molar-refractivity contribution >= 4 is 29.3 Å². The van der Waals surface area contributed by atoms with E-state index in [2.05, 4.69) is 57.4 Å². The standard InChI is InChI=1S/C28H32N2O3S/c1-17-14-21-22(27(4,5)11-10-26(21,2)3)16-20(17)28(32-12-13-33-28)19-8-6-18(7-9-19)15-23-24(31)30-25(34)29-23/h6-9,14-16H,10-13H2,1-5H3,(H2,29,30,31,34)/b23-15-. The van der Waals surface area contributed by atoms with Crippen molar-refractivity contribution in [2.45, 2.75) is 64.1 Å². The van der Waals surface area contributed by atoms with Gasteiger partial charge in [0.1, 0.15) is 5.70 Å². The summed E-state index contributed by atoms with van der Waals surface area (Å²) in [5, 5.41) is 5.80. The van der Waals surface area contributed by atoms with Crippen LogP contribution in [0.4, 0.5) is 0 Å². The number of ether oxygens (including phenoxy) is 2. The van der Waals surface area contributed by atoms with Gasteiger partial charge in [-0.25, -0.2) is 0 Å². The van der Waals surface area contributed by atoms with Crippen LogP contribution in [0.2, 0.25) is 0 Å². The molecule has 2 saturated heterocycles. The summed E-state index contributed by atoms with van der Waals surface area (Å²) in [6.45, 7) is 12.6.